The summed E-state index contributed by atoms with van der Waals surface area (Å²) in [6.07, 6.45) is 35.6. The van der Waals surface area contributed by atoms with E-state index in [4.69, 9.17) is 0 Å². The predicted molar refractivity (Wildman–Crippen MR) is 142 cm³/mol. The van der Waals surface area contributed by atoms with E-state index in [0.717, 1.165) is 0 Å². The maximum atomic E-state index is 2.58. The van der Waals surface area contributed by atoms with Gasteiger partial charge in [0, 0.05) is 6.42 Å². The van der Waals surface area contributed by atoms with Crippen molar-refractivity contribution in [2.24, 2.45) is 0 Å². The molecule has 0 spiro atoms. The second-order valence-corrected chi connectivity index (χ2v) is 10.2. The van der Waals surface area contributed by atoms with Crippen LogP contribution in [0.5, 0.6) is 0 Å². The van der Waals surface area contributed by atoms with E-state index < -0.39 is 0 Å². The van der Waals surface area contributed by atoms with E-state index in [9.17, 15) is 0 Å². The quantitative estimate of drug-likeness (QED) is 0.110. The number of aromatic nitrogens is 2. The number of hydrogen-bond donors (Lipinski definition) is 0. The number of imidazole rings is 1. The fourth-order valence-corrected chi connectivity index (χ4v) is 4.88. The highest BCUT2D eigenvalue weighted by Crippen LogP contribution is 2.13. The number of aryl methyl sites for hydroxylation is 2. The predicted octanol–water partition coefficient (Wildman–Crippen LogP) is 9.57. The Kier molecular flexibility index (Phi) is 20.1. The molecular formula is C30H59N2+. The zero-order valence-electron chi connectivity index (χ0n) is 22.5. The van der Waals surface area contributed by atoms with Crippen LogP contribution in [-0.2, 0) is 19.5 Å². The van der Waals surface area contributed by atoms with Crippen LogP contribution in [0.4, 0.5) is 0 Å². The third-order valence-electron chi connectivity index (χ3n) is 7.10. The zero-order valence-corrected chi connectivity index (χ0v) is 22.5. The molecule has 1 heterocycles. The molecule has 0 saturated carbocycles. The molecule has 0 N–H and O–H groups in total. The summed E-state index contributed by atoms with van der Waals surface area (Å²) in [5, 5.41) is 0. The standard InChI is InChI=1S/C30H59N2/c1-4-7-10-12-13-14-15-16-17-18-19-20-22-24-27-32-29-28-31(26-9-6-3)30(32)25-23-21-11-8-5-2/h28-29H,4-27H2,1-3H3/q+1. The van der Waals surface area contributed by atoms with Gasteiger partial charge in [-0.3, -0.25) is 0 Å². The Hall–Kier alpha value is -0.790. The Morgan fingerprint density at radius 2 is 0.969 bits per heavy atom. The first kappa shape index (κ1) is 29.2. The van der Waals surface area contributed by atoms with Gasteiger partial charge in [0.05, 0.1) is 13.1 Å². The van der Waals surface area contributed by atoms with Crippen molar-refractivity contribution in [2.75, 3.05) is 0 Å². The van der Waals surface area contributed by atoms with Gasteiger partial charge in [0.15, 0.2) is 0 Å². The molecule has 0 atom stereocenters. The topological polar surface area (TPSA) is 8.81 Å². The molecule has 0 radical (unpaired) electrons. The molecule has 1 rings (SSSR count). The van der Waals surface area contributed by atoms with Crippen LogP contribution in [0.25, 0.3) is 0 Å². The summed E-state index contributed by atoms with van der Waals surface area (Å²) in [4.78, 5) is 0. The number of nitrogens with zero attached hydrogens (tertiary/aromatic N) is 2. The van der Waals surface area contributed by atoms with Crippen molar-refractivity contribution in [3.05, 3.63) is 18.2 Å². The van der Waals surface area contributed by atoms with Crippen LogP contribution in [0.2, 0.25) is 0 Å². The summed E-state index contributed by atoms with van der Waals surface area (Å²) < 4.78 is 5.13. The van der Waals surface area contributed by atoms with Crippen LogP contribution in [-0.4, -0.2) is 4.57 Å². The molecule has 0 amide bonds. The SMILES string of the molecule is CCCCCCCCCCCCCCCC[n+]1ccn(CCCC)c1CCCCCCC. The van der Waals surface area contributed by atoms with Crippen molar-refractivity contribution in [2.45, 2.75) is 175 Å². The Morgan fingerprint density at radius 3 is 1.47 bits per heavy atom. The monoisotopic (exact) mass is 447 g/mol. The summed E-state index contributed by atoms with van der Waals surface area (Å²) in [5.74, 6) is 1.59. The van der Waals surface area contributed by atoms with Gasteiger partial charge in [0.25, 0.3) is 5.82 Å². The van der Waals surface area contributed by atoms with E-state index in [1.54, 1.807) is 5.82 Å². The minimum Gasteiger partial charge on any atom is -0.234 e. The van der Waals surface area contributed by atoms with Gasteiger partial charge in [-0.05, 0) is 25.7 Å². The number of unbranched alkanes of at least 4 members (excludes halogenated alkanes) is 18. The lowest BCUT2D eigenvalue weighted by Gasteiger charge is -2.06. The molecule has 0 aliphatic heterocycles. The van der Waals surface area contributed by atoms with Gasteiger partial charge in [-0.15, -0.1) is 0 Å². The molecule has 188 valence electrons. The van der Waals surface area contributed by atoms with Crippen LogP contribution in [0, 0.1) is 0 Å². The second-order valence-electron chi connectivity index (χ2n) is 10.2. The van der Waals surface area contributed by atoms with Crippen molar-refractivity contribution in [1.29, 1.82) is 0 Å². The second kappa shape index (κ2) is 22.0. The van der Waals surface area contributed by atoms with Crippen molar-refractivity contribution in [3.63, 3.8) is 0 Å². The molecule has 1 aromatic heterocycles. The summed E-state index contributed by atoms with van der Waals surface area (Å²) in [6.45, 7) is 9.34. The maximum absolute atomic E-state index is 2.58. The van der Waals surface area contributed by atoms with Crippen molar-refractivity contribution in [3.8, 4) is 0 Å². The van der Waals surface area contributed by atoms with Gasteiger partial charge in [0.1, 0.15) is 12.4 Å². The zero-order chi connectivity index (χ0) is 23.1. The molecule has 2 nitrogen and oxygen atoms in total. The van der Waals surface area contributed by atoms with Crippen molar-refractivity contribution >= 4 is 0 Å². The lowest BCUT2D eigenvalue weighted by Crippen LogP contribution is -2.37. The molecule has 2 heteroatoms. The summed E-state index contributed by atoms with van der Waals surface area (Å²) in [7, 11) is 0. The minimum absolute atomic E-state index is 1.20. The maximum Gasteiger partial charge on any atom is 0.256 e. The first-order valence-corrected chi connectivity index (χ1v) is 14.9. The molecule has 0 aromatic carbocycles. The van der Waals surface area contributed by atoms with Gasteiger partial charge in [-0.2, -0.15) is 0 Å². The Morgan fingerprint density at radius 1 is 0.531 bits per heavy atom. The van der Waals surface area contributed by atoms with Gasteiger partial charge in [-0.1, -0.05) is 130 Å². The summed E-state index contributed by atoms with van der Waals surface area (Å²) in [6, 6.07) is 0. The molecule has 0 fully saturated rings. The molecular weight excluding hydrogens is 388 g/mol. The molecule has 32 heavy (non-hydrogen) atoms. The van der Waals surface area contributed by atoms with Gasteiger partial charge < -0.3 is 0 Å². The lowest BCUT2D eigenvalue weighted by molar-refractivity contribution is -0.704. The van der Waals surface area contributed by atoms with Gasteiger partial charge in [0.2, 0.25) is 0 Å². The van der Waals surface area contributed by atoms with E-state index in [1.165, 1.54) is 154 Å². The van der Waals surface area contributed by atoms with Crippen molar-refractivity contribution < 1.29 is 4.57 Å². The molecule has 0 aliphatic rings. The molecule has 0 saturated heterocycles. The van der Waals surface area contributed by atoms with E-state index in [-0.39, 0.29) is 0 Å². The highest BCUT2D eigenvalue weighted by atomic mass is 15.1. The van der Waals surface area contributed by atoms with Crippen molar-refractivity contribution in [1.82, 2.24) is 4.57 Å². The molecule has 0 bridgehead atoms. The third-order valence-corrected chi connectivity index (χ3v) is 7.10. The van der Waals surface area contributed by atoms with E-state index in [1.807, 2.05) is 0 Å². The fourth-order valence-electron chi connectivity index (χ4n) is 4.88. The Balaban J connectivity index is 2.12. The average Bonchev–Trinajstić information content (AvgIpc) is 3.19. The van der Waals surface area contributed by atoms with Gasteiger partial charge >= 0.3 is 0 Å². The lowest BCUT2D eigenvalue weighted by atomic mass is 10.0. The molecule has 0 aliphatic carbocycles. The normalized spacial score (nSPS) is 11.5. The fraction of sp³-hybridized carbons (Fsp3) is 0.900. The van der Waals surface area contributed by atoms with E-state index >= 15 is 0 Å². The van der Waals surface area contributed by atoms with E-state index in [2.05, 4.69) is 42.3 Å². The first-order valence-electron chi connectivity index (χ1n) is 14.9. The minimum atomic E-state index is 1.20. The average molecular weight is 448 g/mol. The van der Waals surface area contributed by atoms with Crippen LogP contribution in [0.1, 0.15) is 161 Å². The van der Waals surface area contributed by atoms with Crippen LogP contribution < -0.4 is 4.57 Å². The largest absolute Gasteiger partial charge is 0.256 e. The summed E-state index contributed by atoms with van der Waals surface area (Å²) >= 11 is 0. The van der Waals surface area contributed by atoms with E-state index in [0.29, 0.717) is 0 Å². The highest BCUT2D eigenvalue weighted by molar-refractivity contribution is 4.84. The molecule has 0 unspecified atom stereocenters. The highest BCUT2D eigenvalue weighted by Gasteiger charge is 2.16. The third kappa shape index (κ3) is 15.1. The van der Waals surface area contributed by atoms with Crippen LogP contribution >= 0.6 is 0 Å². The van der Waals surface area contributed by atoms with Gasteiger partial charge in [-0.25, -0.2) is 9.13 Å². The smallest absolute Gasteiger partial charge is 0.234 e. The number of rotatable bonds is 24. The van der Waals surface area contributed by atoms with Crippen LogP contribution in [0.3, 0.4) is 0 Å². The van der Waals surface area contributed by atoms with Crippen LogP contribution in [0.15, 0.2) is 12.4 Å². The number of hydrogen-bond acceptors (Lipinski definition) is 0. The Bertz CT molecular complexity index is 505. The first-order chi connectivity index (χ1) is 15.8. The Labute approximate surface area is 202 Å². The molecule has 1 aromatic rings. The summed E-state index contributed by atoms with van der Waals surface area (Å²) in [5.41, 5.74) is 0.